The average Bonchev–Trinajstić information content (AvgIpc) is 2.10. The van der Waals surface area contributed by atoms with Gasteiger partial charge in [0.1, 0.15) is 5.75 Å². The molecule has 1 aromatic rings. The van der Waals surface area contributed by atoms with Crippen molar-refractivity contribution < 1.29 is 9.50 Å². The Balaban J connectivity index is 2.93. The second-order valence-corrected chi connectivity index (χ2v) is 3.62. The van der Waals surface area contributed by atoms with Crippen molar-refractivity contribution >= 4 is 15.9 Å². The first-order chi connectivity index (χ1) is 6.16. The summed E-state index contributed by atoms with van der Waals surface area (Å²) in [6, 6.07) is 4.72. The number of phenols is 1. The molecule has 4 heteroatoms. The van der Waals surface area contributed by atoms with Gasteiger partial charge in [0.15, 0.2) is 0 Å². The van der Waals surface area contributed by atoms with Gasteiger partial charge in [-0.1, -0.05) is 12.1 Å². The molecule has 0 saturated heterocycles. The Kier molecular flexibility index (Phi) is 3.69. The van der Waals surface area contributed by atoms with Crippen LogP contribution < -0.4 is 5.73 Å². The Bertz CT molecular complexity index is 293. The zero-order valence-electron chi connectivity index (χ0n) is 7.00. The highest BCUT2D eigenvalue weighted by molar-refractivity contribution is 9.10. The Morgan fingerprint density at radius 1 is 1.54 bits per heavy atom. The van der Waals surface area contributed by atoms with Crippen LogP contribution >= 0.6 is 15.9 Å². The quantitative estimate of drug-likeness (QED) is 0.863. The van der Waals surface area contributed by atoms with Crippen LogP contribution in [0.1, 0.15) is 18.0 Å². The lowest BCUT2D eigenvalue weighted by Crippen LogP contribution is -2.11. The van der Waals surface area contributed by atoms with E-state index in [-0.39, 0.29) is 12.2 Å². The molecule has 0 radical (unpaired) electrons. The summed E-state index contributed by atoms with van der Waals surface area (Å²) >= 11 is 3.17. The van der Waals surface area contributed by atoms with Gasteiger partial charge in [0.2, 0.25) is 0 Å². The van der Waals surface area contributed by atoms with Crippen molar-refractivity contribution in [2.45, 2.75) is 12.5 Å². The first-order valence-electron chi connectivity index (χ1n) is 3.95. The lowest BCUT2D eigenvalue weighted by atomic mass is 10.0. The fourth-order valence-electron chi connectivity index (χ4n) is 1.10. The first-order valence-corrected chi connectivity index (χ1v) is 4.75. The number of nitrogens with two attached hydrogens (primary N) is 1. The normalized spacial score (nSPS) is 12.8. The average molecular weight is 248 g/mol. The van der Waals surface area contributed by atoms with Crippen LogP contribution in [0.5, 0.6) is 5.75 Å². The van der Waals surface area contributed by atoms with E-state index >= 15 is 0 Å². The van der Waals surface area contributed by atoms with Crippen molar-refractivity contribution in [3.8, 4) is 5.75 Å². The number of phenolic OH excluding ortho intramolecular Hbond substituents is 1. The van der Waals surface area contributed by atoms with Gasteiger partial charge < -0.3 is 10.8 Å². The number of hydrogen-bond acceptors (Lipinski definition) is 2. The first kappa shape index (κ1) is 10.5. The van der Waals surface area contributed by atoms with Crippen LogP contribution in [0.15, 0.2) is 22.7 Å². The summed E-state index contributed by atoms with van der Waals surface area (Å²) in [5, 5.41) is 9.55. The van der Waals surface area contributed by atoms with Crippen LogP contribution in [-0.2, 0) is 0 Å². The standard InChI is InChI=1S/C9H11BrFNO/c10-7-3-1-2-6(9(7)13)8(12)4-5-11/h1-3,8,13H,4-5,12H2/t8-/m0/s1. The number of rotatable bonds is 3. The predicted octanol–water partition coefficient (Wildman–Crippen LogP) is 2.51. The molecule has 72 valence electrons. The monoisotopic (exact) mass is 247 g/mol. The Labute approximate surface area is 84.7 Å². The van der Waals surface area contributed by atoms with Gasteiger partial charge in [-0.2, -0.15) is 0 Å². The Morgan fingerprint density at radius 3 is 2.85 bits per heavy atom. The summed E-state index contributed by atoms with van der Waals surface area (Å²) in [5.74, 6) is 0.100. The van der Waals surface area contributed by atoms with Crippen molar-refractivity contribution in [2.24, 2.45) is 5.73 Å². The van der Waals surface area contributed by atoms with Crippen molar-refractivity contribution in [2.75, 3.05) is 6.67 Å². The van der Waals surface area contributed by atoms with Gasteiger partial charge in [-0.05, 0) is 28.4 Å². The number of aromatic hydroxyl groups is 1. The molecule has 2 nitrogen and oxygen atoms in total. The lowest BCUT2D eigenvalue weighted by Gasteiger charge is -2.12. The number of para-hydroxylation sites is 1. The molecule has 0 heterocycles. The Morgan fingerprint density at radius 2 is 2.23 bits per heavy atom. The minimum Gasteiger partial charge on any atom is -0.506 e. The highest BCUT2D eigenvalue weighted by Gasteiger charge is 2.11. The van der Waals surface area contributed by atoms with E-state index in [1.165, 1.54) is 0 Å². The molecular formula is C9H11BrFNO. The summed E-state index contributed by atoms with van der Waals surface area (Å²) in [5.41, 5.74) is 6.23. The maximum atomic E-state index is 12.0. The van der Waals surface area contributed by atoms with Gasteiger partial charge in [0.05, 0.1) is 11.1 Å². The molecule has 0 aliphatic carbocycles. The third kappa shape index (κ3) is 2.42. The second-order valence-electron chi connectivity index (χ2n) is 2.76. The lowest BCUT2D eigenvalue weighted by molar-refractivity contribution is 0.423. The molecule has 0 fully saturated rings. The molecule has 1 atom stereocenters. The predicted molar refractivity (Wildman–Crippen MR) is 53.3 cm³/mol. The van der Waals surface area contributed by atoms with Crippen LogP contribution in [0.2, 0.25) is 0 Å². The van der Waals surface area contributed by atoms with Gasteiger partial charge in [-0.25, -0.2) is 0 Å². The Hall–Kier alpha value is -0.610. The van der Waals surface area contributed by atoms with Crippen molar-refractivity contribution in [1.29, 1.82) is 0 Å². The summed E-state index contributed by atoms with van der Waals surface area (Å²) in [6.45, 7) is -0.479. The van der Waals surface area contributed by atoms with Crippen LogP contribution in [0.25, 0.3) is 0 Å². The fourth-order valence-corrected chi connectivity index (χ4v) is 1.49. The molecular weight excluding hydrogens is 237 g/mol. The molecule has 0 aromatic heterocycles. The number of alkyl halides is 1. The second kappa shape index (κ2) is 4.58. The zero-order chi connectivity index (χ0) is 9.84. The largest absolute Gasteiger partial charge is 0.506 e. The minimum absolute atomic E-state index is 0.100. The SMILES string of the molecule is N[C@@H](CCF)c1cccc(Br)c1O. The maximum Gasteiger partial charge on any atom is 0.134 e. The maximum absolute atomic E-state index is 12.0. The van der Waals surface area contributed by atoms with Crippen molar-refractivity contribution in [3.63, 3.8) is 0 Å². The highest BCUT2D eigenvalue weighted by Crippen LogP contribution is 2.31. The van der Waals surface area contributed by atoms with Crippen LogP contribution in [-0.4, -0.2) is 11.8 Å². The van der Waals surface area contributed by atoms with Gasteiger partial charge >= 0.3 is 0 Å². The molecule has 0 spiro atoms. The van der Waals surface area contributed by atoms with E-state index in [4.69, 9.17) is 5.73 Å². The number of benzene rings is 1. The molecule has 3 N–H and O–H groups in total. The van der Waals surface area contributed by atoms with E-state index in [2.05, 4.69) is 15.9 Å². The molecule has 0 aliphatic rings. The molecule has 0 saturated carbocycles. The summed E-state index contributed by atoms with van der Waals surface area (Å²) in [7, 11) is 0. The summed E-state index contributed by atoms with van der Waals surface area (Å²) in [6.07, 6.45) is 0.226. The van der Waals surface area contributed by atoms with Gasteiger partial charge in [0.25, 0.3) is 0 Å². The molecule has 13 heavy (non-hydrogen) atoms. The van der Waals surface area contributed by atoms with E-state index in [1.54, 1.807) is 18.2 Å². The molecule has 0 amide bonds. The molecule has 0 bridgehead atoms. The minimum atomic E-state index is -0.479. The number of hydrogen-bond donors (Lipinski definition) is 2. The fraction of sp³-hybridized carbons (Fsp3) is 0.333. The van der Waals surface area contributed by atoms with Crippen LogP contribution in [0, 0.1) is 0 Å². The summed E-state index contributed by atoms with van der Waals surface area (Å²) in [4.78, 5) is 0. The van der Waals surface area contributed by atoms with Crippen LogP contribution in [0.3, 0.4) is 0 Å². The van der Waals surface area contributed by atoms with Crippen molar-refractivity contribution in [1.82, 2.24) is 0 Å². The summed E-state index contributed by atoms with van der Waals surface area (Å²) < 4.78 is 12.6. The smallest absolute Gasteiger partial charge is 0.134 e. The topological polar surface area (TPSA) is 46.2 Å². The van der Waals surface area contributed by atoms with E-state index < -0.39 is 12.7 Å². The molecule has 1 rings (SSSR count). The van der Waals surface area contributed by atoms with Gasteiger partial charge in [0, 0.05) is 11.6 Å². The third-order valence-corrected chi connectivity index (χ3v) is 2.48. The molecule has 1 aromatic carbocycles. The van der Waals surface area contributed by atoms with E-state index in [1.807, 2.05) is 0 Å². The number of halogens is 2. The van der Waals surface area contributed by atoms with E-state index in [0.29, 0.717) is 10.0 Å². The van der Waals surface area contributed by atoms with Gasteiger partial charge in [-0.3, -0.25) is 4.39 Å². The van der Waals surface area contributed by atoms with Gasteiger partial charge in [-0.15, -0.1) is 0 Å². The molecule has 0 aliphatic heterocycles. The van der Waals surface area contributed by atoms with E-state index in [0.717, 1.165) is 0 Å². The van der Waals surface area contributed by atoms with Crippen LogP contribution in [0.4, 0.5) is 4.39 Å². The third-order valence-electron chi connectivity index (χ3n) is 1.84. The highest BCUT2D eigenvalue weighted by atomic mass is 79.9. The van der Waals surface area contributed by atoms with Crippen molar-refractivity contribution in [3.05, 3.63) is 28.2 Å². The molecule has 0 unspecified atom stereocenters. The zero-order valence-corrected chi connectivity index (χ0v) is 8.59. The van der Waals surface area contributed by atoms with E-state index in [9.17, 15) is 9.50 Å².